The van der Waals surface area contributed by atoms with Gasteiger partial charge in [0.15, 0.2) is 9.84 Å². The third kappa shape index (κ3) is 4.94. The molecule has 2 aromatic carbocycles. The molecule has 26 heavy (non-hydrogen) atoms. The van der Waals surface area contributed by atoms with Crippen molar-refractivity contribution in [3.05, 3.63) is 65.7 Å². The van der Waals surface area contributed by atoms with E-state index in [2.05, 4.69) is 0 Å². The number of carbonyl (C=O) groups is 1. The van der Waals surface area contributed by atoms with Crippen LogP contribution in [0.25, 0.3) is 0 Å². The molecule has 0 spiro atoms. The van der Waals surface area contributed by atoms with Crippen LogP contribution in [0.1, 0.15) is 30.4 Å². The first-order chi connectivity index (χ1) is 12.6. The highest BCUT2D eigenvalue weighted by molar-refractivity contribution is 7.92. The van der Waals surface area contributed by atoms with Gasteiger partial charge < -0.3 is 4.90 Å². The number of benzene rings is 2. The maximum atomic E-state index is 12.7. The van der Waals surface area contributed by atoms with Crippen LogP contribution in [0.5, 0.6) is 0 Å². The second-order valence-electron chi connectivity index (χ2n) is 6.81. The molecule has 3 rings (SSSR count). The lowest BCUT2D eigenvalue weighted by molar-refractivity contribution is -0.116. The number of hydrogen-bond acceptors (Lipinski definition) is 3. The SMILES string of the molecule is O=C(CS(=O)(=O)CCCc1ccccc1)N1CCCCc2ccccc21. The van der Waals surface area contributed by atoms with Gasteiger partial charge in [0.2, 0.25) is 5.91 Å². The molecule has 0 aliphatic carbocycles. The highest BCUT2D eigenvalue weighted by atomic mass is 32.2. The molecular formula is C21H25NO3S. The molecule has 0 aromatic heterocycles. The number of anilines is 1. The Kier molecular flexibility index (Phi) is 6.09. The van der Waals surface area contributed by atoms with E-state index in [1.807, 2.05) is 54.6 Å². The van der Waals surface area contributed by atoms with Crippen molar-refractivity contribution in [3.8, 4) is 0 Å². The Hall–Kier alpha value is -2.14. The Bertz CT molecular complexity index is 847. The predicted molar refractivity (Wildman–Crippen MR) is 105 cm³/mol. The van der Waals surface area contributed by atoms with Crippen LogP contribution in [-0.2, 0) is 27.5 Å². The summed E-state index contributed by atoms with van der Waals surface area (Å²) in [6.07, 6.45) is 4.10. The van der Waals surface area contributed by atoms with E-state index >= 15 is 0 Å². The zero-order valence-electron chi connectivity index (χ0n) is 14.9. The molecule has 0 saturated heterocycles. The quantitative estimate of drug-likeness (QED) is 0.782. The minimum Gasteiger partial charge on any atom is -0.311 e. The fourth-order valence-corrected chi connectivity index (χ4v) is 4.69. The Morgan fingerprint density at radius 2 is 1.69 bits per heavy atom. The van der Waals surface area contributed by atoms with Crippen LogP contribution in [0.15, 0.2) is 54.6 Å². The Labute approximate surface area is 155 Å². The highest BCUT2D eigenvalue weighted by Crippen LogP contribution is 2.26. The summed E-state index contributed by atoms with van der Waals surface area (Å²) >= 11 is 0. The number of rotatable bonds is 6. The first-order valence-corrected chi connectivity index (χ1v) is 11.0. The van der Waals surface area contributed by atoms with E-state index in [0.29, 0.717) is 19.4 Å². The van der Waals surface area contributed by atoms with Crippen LogP contribution in [0.3, 0.4) is 0 Å². The first-order valence-electron chi connectivity index (χ1n) is 9.18. The lowest BCUT2D eigenvalue weighted by Gasteiger charge is -2.22. The fourth-order valence-electron chi connectivity index (χ4n) is 3.43. The molecule has 1 aliphatic rings. The van der Waals surface area contributed by atoms with E-state index in [1.165, 1.54) is 0 Å². The largest absolute Gasteiger partial charge is 0.311 e. The molecule has 138 valence electrons. The van der Waals surface area contributed by atoms with Crippen LogP contribution in [0, 0.1) is 0 Å². The Balaban J connectivity index is 1.61. The van der Waals surface area contributed by atoms with E-state index in [4.69, 9.17) is 0 Å². The van der Waals surface area contributed by atoms with E-state index in [0.717, 1.165) is 36.1 Å². The van der Waals surface area contributed by atoms with Crippen LogP contribution >= 0.6 is 0 Å². The van der Waals surface area contributed by atoms with Crippen molar-refractivity contribution in [3.63, 3.8) is 0 Å². The summed E-state index contributed by atoms with van der Waals surface area (Å²) in [5, 5.41) is 0. The standard InChI is InChI=1S/C21H25NO3S/c23-21(22-15-7-6-13-19-12-4-5-14-20(19)22)17-26(24,25)16-8-11-18-9-2-1-3-10-18/h1-5,9-10,12,14H,6-8,11,13,15-17H2. The van der Waals surface area contributed by atoms with Gasteiger partial charge in [-0.1, -0.05) is 48.5 Å². The third-order valence-electron chi connectivity index (χ3n) is 4.77. The summed E-state index contributed by atoms with van der Waals surface area (Å²) in [5.74, 6) is -0.668. The summed E-state index contributed by atoms with van der Waals surface area (Å²) in [6.45, 7) is 0.593. The van der Waals surface area contributed by atoms with Crippen molar-refractivity contribution in [2.75, 3.05) is 23.0 Å². The lowest BCUT2D eigenvalue weighted by Crippen LogP contribution is -2.37. The molecule has 0 atom stereocenters. The number of hydrogen-bond donors (Lipinski definition) is 0. The van der Waals surface area contributed by atoms with Gasteiger partial charge in [0.05, 0.1) is 5.75 Å². The molecule has 1 heterocycles. The van der Waals surface area contributed by atoms with Crippen LogP contribution in [0.2, 0.25) is 0 Å². The van der Waals surface area contributed by atoms with E-state index in [-0.39, 0.29) is 11.7 Å². The molecule has 0 saturated carbocycles. The third-order valence-corrected chi connectivity index (χ3v) is 6.37. The average molecular weight is 372 g/mol. The maximum absolute atomic E-state index is 12.7. The second kappa shape index (κ2) is 8.49. The molecule has 2 aromatic rings. The van der Waals surface area contributed by atoms with Gasteiger partial charge in [-0.15, -0.1) is 0 Å². The van der Waals surface area contributed by atoms with Gasteiger partial charge in [-0.2, -0.15) is 0 Å². The predicted octanol–water partition coefficient (Wildman–Crippen LogP) is 3.40. The molecule has 0 N–H and O–H groups in total. The van der Waals surface area contributed by atoms with E-state index in [9.17, 15) is 13.2 Å². The number of amides is 1. The number of nitrogens with zero attached hydrogens (tertiary/aromatic N) is 1. The normalized spacial score (nSPS) is 14.5. The smallest absolute Gasteiger partial charge is 0.242 e. The molecule has 1 amide bonds. The zero-order valence-corrected chi connectivity index (χ0v) is 15.7. The fraction of sp³-hybridized carbons (Fsp3) is 0.381. The maximum Gasteiger partial charge on any atom is 0.242 e. The molecule has 5 heteroatoms. The summed E-state index contributed by atoms with van der Waals surface area (Å²) in [6, 6.07) is 17.6. The Morgan fingerprint density at radius 3 is 2.50 bits per heavy atom. The van der Waals surface area contributed by atoms with Crippen LogP contribution in [-0.4, -0.2) is 32.4 Å². The number of fused-ring (bicyclic) bond motifs is 1. The monoisotopic (exact) mass is 371 g/mol. The summed E-state index contributed by atoms with van der Waals surface area (Å²) in [4.78, 5) is 14.4. The second-order valence-corrected chi connectivity index (χ2v) is 9.00. The first kappa shape index (κ1) is 18.6. The van der Waals surface area contributed by atoms with E-state index < -0.39 is 15.6 Å². The van der Waals surface area contributed by atoms with Crippen molar-refractivity contribution in [2.24, 2.45) is 0 Å². The number of sulfone groups is 1. The highest BCUT2D eigenvalue weighted by Gasteiger charge is 2.25. The molecule has 0 radical (unpaired) electrons. The zero-order chi connectivity index (χ0) is 18.4. The van der Waals surface area contributed by atoms with Crippen molar-refractivity contribution in [1.29, 1.82) is 0 Å². The molecular weight excluding hydrogens is 346 g/mol. The summed E-state index contributed by atoms with van der Waals surface area (Å²) in [7, 11) is -3.41. The van der Waals surface area contributed by atoms with Crippen molar-refractivity contribution in [1.82, 2.24) is 0 Å². The van der Waals surface area contributed by atoms with Crippen molar-refractivity contribution in [2.45, 2.75) is 32.1 Å². The van der Waals surface area contributed by atoms with Gasteiger partial charge in [-0.25, -0.2) is 8.42 Å². The number of para-hydroxylation sites is 1. The topological polar surface area (TPSA) is 54.5 Å². The molecule has 0 unspecified atom stereocenters. The Morgan fingerprint density at radius 1 is 0.962 bits per heavy atom. The summed E-state index contributed by atoms with van der Waals surface area (Å²) < 4.78 is 24.8. The van der Waals surface area contributed by atoms with Gasteiger partial charge in [-0.3, -0.25) is 4.79 Å². The van der Waals surface area contributed by atoms with Crippen LogP contribution < -0.4 is 4.90 Å². The van der Waals surface area contributed by atoms with Gasteiger partial charge in [0.1, 0.15) is 5.75 Å². The minimum absolute atomic E-state index is 0.0448. The molecule has 1 aliphatic heterocycles. The van der Waals surface area contributed by atoms with Gasteiger partial charge in [0, 0.05) is 12.2 Å². The van der Waals surface area contributed by atoms with Crippen LogP contribution in [0.4, 0.5) is 5.69 Å². The van der Waals surface area contributed by atoms with Gasteiger partial charge >= 0.3 is 0 Å². The average Bonchev–Trinajstić information content (AvgIpc) is 2.84. The minimum atomic E-state index is -3.41. The summed E-state index contributed by atoms with van der Waals surface area (Å²) in [5.41, 5.74) is 3.12. The van der Waals surface area contributed by atoms with Crippen molar-refractivity contribution < 1.29 is 13.2 Å². The molecule has 0 fully saturated rings. The van der Waals surface area contributed by atoms with Gasteiger partial charge in [-0.05, 0) is 49.3 Å². The number of aryl methyl sites for hydroxylation is 2. The van der Waals surface area contributed by atoms with E-state index in [1.54, 1.807) is 4.90 Å². The molecule has 4 nitrogen and oxygen atoms in total. The van der Waals surface area contributed by atoms with Crippen molar-refractivity contribution >= 4 is 21.4 Å². The molecule has 0 bridgehead atoms. The van der Waals surface area contributed by atoms with Gasteiger partial charge in [0.25, 0.3) is 0 Å². The number of carbonyl (C=O) groups excluding carboxylic acids is 1. The lowest BCUT2D eigenvalue weighted by atomic mass is 10.1.